The molecular weight excluding hydrogens is 272 g/mol. The van der Waals surface area contributed by atoms with Crippen LogP contribution >= 0.6 is 0 Å². The molecular formula is C15H22N2O4. The molecule has 116 valence electrons. The Bertz CT molecular complexity index is 485. The molecule has 2 atom stereocenters. The summed E-state index contributed by atoms with van der Waals surface area (Å²) in [7, 11) is 0. The van der Waals surface area contributed by atoms with Gasteiger partial charge in [0.25, 0.3) is 0 Å². The summed E-state index contributed by atoms with van der Waals surface area (Å²) in [4.78, 5) is 23.1. The van der Waals surface area contributed by atoms with Crippen molar-refractivity contribution in [2.45, 2.75) is 38.8 Å². The number of benzene rings is 1. The summed E-state index contributed by atoms with van der Waals surface area (Å²) in [5.74, 6) is -1.22. The van der Waals surface area contributed by atoms with Gasteiger partial charge >= 0.3 is 5.97 Å². The number of nitrogens with one attached hydrogen (secondary N) is 1. The van der Waals surface area contributed by atoms with Crippen LogP contribution in [0.15, 0.2) is 24.3 Å². The minimum atomic E-state index is -1.12. The molecule has 21 heavy (non-hydrogen) atoms. The Labute approximate surface area is 124 Å². The quantitative estimate of drug-likeness (QED) is 0.596. The molecule has 1 rings (SSSR count). The number of phenols is 1. The molecule has 1 unspecified atom stereocenters. The van der Waals surface area contributed by atoms with E-state index < -0.39 is 24.0 Å². The normalized spacial score (nSPS) is 13.7. The topological polar surface area (TPSA) is 113 Å². The van der Waals surface area contributed by atoms with Crippen molar-refractivity contribution in [3.63, 3.8) is 0 Å². The Kier molecular flexibility index (Phi) is 6.17. The smallest absolute Gasteiger partial charge is 0.326 e. The number of hydrogen-bond acceptors (Lipinski definition) is 4. The highest BCUT2D eigenvalue weighted by molar-refractivity contribution is 5.86. The van der Waals surface area contributed by atoms with Crippen molar-refractivity contribution < 1.29 is 19.8 Å². The van der Waals surface area contributed by atoms with Crippen LogP contribution in [0.4, 0.5) is 0 Å². The lowest BCUT2D eigenvalue weighted by Gasteiger charge is -2.19. The van der Waals surface area contributed by atoms with E-state index >= 15 is 0 Å². The number of rotatable bonds is 7. The first kappa shape index (κ1) is 17.0. The molecule has 0 aliphatic heterocycles. The van der Waals surface area contributed by atoms with E-state index in [1.165, 1.54) is 12.1 Å². The fourth-order valence-corrected chi connectivity index (χ4v) is 1.96. The van der Waals surface area contributed by atoms with Crippen LogP contribution in [0.2, 0.25) is 0 Å². The van der Waals surface area contributed by atoms with Crippen LogP contribution in [0, 0.1) is 5.92 Å². The lowest BCUT2D eigenvalue weighted by molar-refractivity contribution is -0.142. The number of amides is 1. The molecule has 0 saturated carbocycles. The summed E-state index contributed by atoms with van der Waals surface area (Å²) >= 11 is 0. The zero-order valence-corrected chi connectivity index (χ0v) is 12.2. The lowest BCUT2D eigenvalue weighted by atomic mass is 10.0. The number of nitrogens with two attached hydrogens (primary N) is 1. The third kappa shape index (κ3) is 5.83. The summed E-state index contributed by atoms with van der Waals surface area (Å²) in [6.07, 6.45) is 0.632. The maximum absolute atomic E-state index is 11.9. The Morgan fingerprint density at radius 1 is 1.24 bits per heavy atom. The van der Waals surface area contributed by atoms with Crippen molar-refractivity contribution in [3.8, 4) is 5.75 Å². The Morgan fingerprint density at radius 3 is 2.29 bits per heavy atom. The monoisotopic (exact) mass is 294 g/mol. The van der Waals surface area contributed by atoms with Gasteiger partial charge in [0.05, 0.1) is 6.04 Å². The second-order valence-corrected chi connectivity index (χ2v) is 5.51. The van der Waals surface area contributed by atoms with Gasteiger partial charge in [0, 0.05) is 6.42 Å². The van der Waals surface area contributed by atoms with E-state index in [1.807, 2.05) is 13.8 Å². The number of aromatic hydroxyl groups is 1. The molecule has 0 aliphatic rings. The van der Waals surface area contributed by atoms with Crippen LogP contribution in [0.1, 0.15) is 25.8 Å². The van der Waals surface area contributed by atoms with Gasteiger partial charge in [-0.3, -0.25) is 4.79 Å². The predicted octanol–water partition coefficient (Wildman–Crippen LogP) is 0.877. The lowest BCUT2D eigenvalue weighted by Crippen LogP contribution is -2.49. The fraction of sp³-hybridized carbons (Fsp3) is 0.467. The number of carboxylic acids is 1. The molecule has 0 radical (unpaired) electrons. The fourth-order valence-electron chi connectivity index (χ4n) is 1.96. The maximum atomic E-state index is 11.9. The van der Waals surface area contributed by atoms with E-state index in [2.05, 4.69) is 5.32 Å². The molecule has 0 aliphatic carbocycles. The molecule has 1 amide bonds. The largest absolute Gasteiger partial charge is 0.508 e. The summed E-state index contributed by atoms with van der Waals surface area (Å²) < 4.78 is 0. The highest BCUT2D eigenvalue weighted by Crippen LogP contribution is 2.12. The minimum Gasteiger partial charge on any atom is -0.508 e. The van der Waals surface area contributed by atoms with Gasteiger partial charge in [0.1, 0.15) is 11.8 Å². The Hall–Kier alpha value is -2.08. The van der Waals surface area contributed by atoms with Gasteiger partial charge in [-0.2, -0.15) is 0 Å². The van der Waals surface area contributed by atoms with Crippen molar-refractivity contribution in [2.75, 3.05) is 0 Å². The van der Waals surface area contributed by atoms with E-state index in [-0.39, 0.29) is 18.1 Å². The zero-order valence-electron chi connectivity index (χ0n) is 12.2. The first-order valence-corrected chi connectivity index (χ1v) is 6.86. The van der Waals surface area contributed by atoms with Crippen LogP contribution in [0.3, 0.4) is 0 Å². The molecule has 0 heterocycles. The minimum absolute atomic E-state index is 0.105. The SMILES string of the molecule is CC(C)CC(N)C(=O)N[C@H](Cc1ccc(O)cc1)C(=O)O. The zero-order chi connectivity index (χ0) is 16.0. The predicted molar refractivity (Wildman–Crippen MR) is 78.8 cm³/mol. The van der Waals surface area contributed by atoms with E-state index in [0.717, 1.165) is 0 Å². The van der Waals surface area contributed by atoms with Crippen molar-refractivity contribution >= 4 is 11.9 Å². The van der Waals surface area contributed by atoms with Gasteiger partial charge in [-0.05, 0) is 30.0 Å². The Morgan fingerprint density at radius 2 is 1.81 bits per heavy atom. The summed E-state index contributed by atoms with van der Waals surface area (Å²) in [5.41, 5.74) is 6.45. The van der Waals surface area contributed by atoms with E-state index in [0.29, 0.717) is 12.0 Å². The number of hydrogen-bond donors (Lipinski definition) is 4. The molecule has 1 aromatic carbocycles. The van der Waals surface area contributed by atoms with Crippen LogP contribution in [-0.4, -0.2) is 34.2 Å². The van der Waals surface area contributed by atoms with E-state index in [9.17, 15) is 19.8 Å². The molecule has 6 heteroatoms. The highest BCUT2D eigenvalue weighted by atomic mass is 16.4. The first-order chi connectivity index (χ1) is 9.79. The summed E-state index contributed by atoms with van der Waals surface area (Å²) in [5, 5.41) is 20.9. The van der Waals surface area contributed by atoms with Gasteiger partial charge in [-0.25, -0.2) is 4.79 Å². The number of carbonyl (C=O) groups is 2. The molecule has 5 N–H and O–H groups in total. The van der Waals surface area contributed by atoms with Gasteiger partial charge in [0.15, 0.2) is 0 Å². The molecule has 0 bridgehead atoms. The molecule has 0 saturated heterocycles. The molecule has 1 aromatic rings. The first-order valence-electron chi connectivity index (χ1n) is 6.86. The number of carboxylic acid groups (broad SMARTS) is 1. The Balaban J connectivity index is 2.67. The van der Waals surface area contributed by atoms with Crippen molar-refractivity contribution in [3.05, 3.63) is 29.8 Å². The number of phenolic OH excluding ortho intramolecular Hbond substituents is 1. The van der Waals surface area contributed by atoms with Gasteiger partial charge < -0.3 is 21.3 Å². The van der Waals surface area contributed by atoms with Crippen LogP contribution in [0.25, 0.3) is 0 Å². The van der Waals surface area contributed by atoms with Crippen molar-refractivity contribution in [1.29, 1.82) is 0 Å². The third-order valence-corrected chi connectivity index (χ3v) is 3.05. The van der Waals surface area contributed by atoms with Gasteiger partial charge in [0.2, 0.25) is 5.91 Å². The van der Waals surface area contributed by atoms with Crippen molar-refractivity contribution in [1.82, 2.24) is 5.32 Å². The van der Waals surface area contributed by atoms with Gasteiger partial charge in [-0.15, -0.1) is 0 Å². The second-order valence-electron chi connectivity index (χ2n) is 5.51. The molecule has 0 fully saturated rings. The van der Waals surface area contributed by atoms with E-state index in [1.54, 1.807) is 12.1 Å². The van der Waals surface area contributed by atoms with Crippen molar-refractivity contribution in [2.24, 2.45) is 11.7 Å². The number of carbonyl (C=O) groups excluding carboxylic acids is 1. The molecule has 0 spiro atoms. The third-order valence-electron chi connectivity index (χ3n) is 3.05. The van der Waals surface area contributed by atoms with Crippen LogP contribution < -0.4 is 11.1 Å². The maximum Gasteiger partial charge on any atom is 0.326 e. The second kappa shape index (κ2) is 7.64. The highest BCUT2D eigenvalue weighted by Gasteiger charge is 2.23. The van der Waals surface area contributed by atoms with E-state index in [4.69, 9.17) is 5.73 Å². The van der Waals surface area contributed by atoms with Gasteiger partial charge in [-0.1, -0.05) is 26.0 Å². The number of aliphatic carboxylic acids is 1. The summed E-state index contributed by atoms with van der Waals surface area (Å²) in [6.45, 7) is 3.89. The average Bonchev–Trinajstić information content (AvgIpc) is 2.39. The summed E-state index contributed by atoms with van der Waals surface area (Å²) in [6, 6.07) is 4.42. The molecule has 0 aromatic heterocycles. The van der Waals surface area contributed by atoms with Crippen LogP contribution in [0.5, 0.6) is 5.75 Å². The molecule has 6 nitrogen and oxygen atoms in total. The van der Waals surface area contributed by atoms with Crippen LogP contribution in [-0.2, 0) is 16.0 Å². The standard InChI is InChI=1S/C15H22N2O4/c1-9(2)7-12(16)14(19)17-13(15(20)21)8-10-3-5-11(18)6-4-10/h3-6,9,12-13,18H,7-8,16H2,1-2H3,(H,17,19)(H,20,21)/t12?,13-/m1/s1. The average molecular weight is 294 g/mol.